The van der Waals surface area contributed by atoms with E-state index in [2.05, 4.69) is 20.9 Å². The Morgan fingerprint density at radius 2 is 1.60 bits per heavy atom. The van der Waals surface area contributed by atoms with Crippen LogP contribution in [0.25, 0.3) is 16.4 Å². The molecule has 0 aliphatic carbocycles. The van der Waals surface area contributed by atoms with Crippen LogP contribution in [0.3, 0.4) is 0 Å². The van der Waals surface area contributed by atoms with E-state index in [4.69, 9.17) is 25.8 Å². The molecule has 0 radical (unpaired) electrons. The quantitative estimate of drug-likeness (QED) is 0.0266. The van der Waals surface area contributed by atoms with Crippen LogP contribution in [0, 0.1) is 6.92 Å². The van der Waals surface area contributed by atoms with Crippen LogP contribution in [0.15, 0.2) is 109 Å². The highest BCUT2D eigenvalue weighted by Crippen LogP contribution is 2.47. The molecule has 0 saturated heterocycles. The number of anilines is 3. The van der Waals surface area contributed by atoms with Gasteiger partial charge in [0.1, 0.15) is 35.5 Å². The zero-order valence-electron chi connectivity index (χ0n) is 44.2. The minimum absolute atomic E-state index is 0.00903. The number of nitrogens with one attached hydrogen (secondary N) is 3. The van der Waals surface area contributed by atoms with E-state index in [-0.39, 0.29) is 106 Å². The first-order chi connectivity index (χ1) is 38.5. The van der Waals surface area contributed by atoms with E-state index in [1.54, 1.807) is 64.2 Å². The number of aromatic hydroxyl groups is 1. The number of aliphatic hydroxyl groups is 1. The third-order valence-electron chi connectivity index (χ3n) is 13.5. The summed E-state index contributed by atoms with van der Waals surface area (Å²) in [4.78, 5) is 114. The number of rotatable bonds is 23. The van der Waals surface area contributed by atoms with E-state index in [1.807, 2.05) is 25.1 Å². The number of ether oxygens (including phenoxy) is 3. The highest BCUT2D eigenvalue weighted by molar-refractivity contribution is 6.19. The average molecular weight is 1110 g/mol. The molecule has 2 aliphatic rings. The second-order valence-electron chi connectivity index (χ2n) is 19.1. The van der Waals surface area contributed by atoms with Gasteiger partial charge in [0.25, 0.3) is 23.6 Å². The lowest BCUT2D eigenvalue weighted by molar-refractivity contribution is -0.137. The molecule has 8 amide bonds. The van der Waals surface area contributed by atoms with Crippen LogP contribution in [0.1, 0.15) is 69.6 Å². The molecule has 2 aromatic heterocycles. The first-order valence-electron chi connectivity index (χ1n) is 25.8. The molecule has 23 heteroatoms. The number of aryl methyl sites for hydroxylation is 1. The normalized spacial score (nSPS) is 14.0. The number of likely N-dealkylation sites (N-methyl/N-ethyl adjacent to an activating group) is 1. The lowest BCUT2D eigenvalue weighted by atomic mass is 9.92. The summed E-state index contributed by atoms with van der Waals surface area (Å²) < 4.78 is 18.9. The zero-order valence-corrected chi connectivity index (χ0v) is 44.9. The maximum absolute atomic E-state index is 14.5. The predicted molar refractivity (Wildman–Crippen MR) is 296 cm³/mol. The Kier molecular flexibility index (Phi) is 18.8. The van der Waals surface area contributed by atoms with Crippen molar-refractivity contribution in [2.24, 2.45) is 0 Å². The number of phenolic OH excluding ortho intramolecular Hbond substituents is 1. The van der Waals surface area contributed by atoms with Gasteiger partial charge >= 0.3 is 12.2 Å². The maximum Gasteiger partial charge on any atom is 0.415 e. The number of hydrogen-bond acceptors (Lipinski definition) is 14. The molecule has 8 rings (SSSR count). The number of benzene rings is 4. The van der Waals surface area contributed by atoms with Crippen LogP contribution in [0.4, 0.5) is 26.7 Å². The van der Waals surface area contributed by atoms with Crippen molar-refractivity contribution in [1.29, 1.82) is 0 Å². The van der Waals surface area contributed by atoms with Gasteiger partial charge in [-0.3, -0.25) is 33.7 Å². The number of imidazole rings is 1. The molecule has 0 unspecified atom stereocenters. The number of unbranched alkanes of at least 4 members (excludes halogenated alkanes) is 1. The number of carbonyl (C=O) groups excluding carboxylic acids is 8. The van der Waals surface area contributed by atoms with Crippen LogP contribution in [-0.4, -0.2) is 153 Å². The van der Waals surface area contributed by atoms with Gasteiger partial charge in [0, 0.05) is 106 Å². The van der Waals surface area contributed by atoms with Gasteiger partial charge in [-0.25, -0.2) is 14.6 Å². The van der Waals surface area contributed by atoms with Gasteiger partial charge in [-0.2, -0.15) is 0 Å². The maximum atomic E-state index is 14.5. The smallest absolute Gasteiger partial charge is 0.415 e. The first kappa shape index (κ1) is 57.3. The number of aliphatic hydroxyl groups excluding tert-OH is 1. The molecule has 4 heterocycles. The van der Waals surface area contributed by atoms with Gasteiger partial charge in [0.2, 0.25) is 11.8 Å². The topological polar surface area (TPSA) is 271 Å². The van der Waals surface area contributed by atoms with Gasteiger partial charge in [-0.1, -0.05) is 30.3 Å². The summed E-state index contributed by atoms with van der Waals surface area (Å²) in [6.45, 7) is 3.33. The fourth-order valence-electron chi connectivity index (χ4n) is 9.32. The molecular formula is C57H60ClN9O13. The van der Waals surface area contributed by atoms with Crippen molar-refractivity contribution in [2.45, 2.75) is 51.7 Å². The van der Waals surface area contributed by atoms with Crippen molar-refractivity contribution in [1.82, 2.24) is 29.4 Å². The van der Waals surface area contributed by atoms with Crippen molar-refractivity contribution >= 4 is 92.7 Å². The first-order valence-corrected chi connectivity index (χ1v) is 26.3. The van der Waals surface area contributed by atoms with Crippen molar-refractivity contribution in [2.75, 3.05) is 81.0 Å². The van der Waals surface area contributed by atoms with Crippen molar-refractivity contribution < 1.29 is 62.8 Å². The number of aromatic nitrogens is 2. The highest BCUT2D eigenvalue weighted by Gasteiger charge is 2.37. The summed E-state index contributed by atoms with van der Waals surface area (Å²) in [6.07, 6.45) is 5.30. The molecule has 418 valence electrons. The molecule has 0 saturated carbocycles. The minimum atomic E-state index is -0.869. The van der Waals surface area contributed by atoms with Crippen molar-refractivity contribution in [3.8, 4) is 11.5 Å². The van der Waals surface area contributed by atoms with E-state index in [0.717, 1.165) is 21.4 Å². The lowest BCUT2D eigenvalue weighted by Crippen LogP contribution is -2.43. The molecule has 2 aliphatic heterocycles. The number of amides is 8. The average Bonchev–Trinajstić information content (AvgIpc) is 4.16. The summed E-state index contributed by atoms with van der Waals surface area (Å²) in [6, 6.07) is 22.1. The van der Waals surface area contributed by atoms with Crippen LogP contribution in [-0.2, 0) is 35.3 Å². The van der Waals surface area contributed by atoms with Crippen LogP contribution in [0.2, 0.25) is 0 Å². The molecule has 6 aromatic rings. The summed E-state index contributed by atoms with van der Waals surface area (Å²) in [5.74, 6) is -2.39. The number of alkyl halides is 1. The fraction of sp³-hybridized carbons (Fsp3) is 0.316. The Balaban J connectivity index is 0.905. The van der Waals surface area contributed by atoms with Gasteiger partial charge in [0.05, 0.1) is 31.2 Å². The van der Waals surface area contributed by atoms with Gasteiger partial charge in [0.15, 0.2) is 0 Å². The molecule has 22 nitrogen and oxygen atoms in total. The van der Waals surface area contributed by atoms with Crippen LogP contribution >= 0.6 is 11.6 Å². The van der Waals surface area contributed by atoms with E-state index < -0.39 is 41.9 Å². The summed E-state index contributed by atoms with van der Waals surface area (Å²) in [5.41, 5.74) is 4.51. The molecule has 4 aromatic carbocycles. The fourth-order valence-corrected chi connectivity index (χ4v) is 9.57. The number of hydrogen-bond donors (Lipinski definition) is 5. The second-order valence-corrected chi connectivity index (χ2v) is 19.5. The monoisotopic (exact) mass is 1110 g/mol. The Hall–Kier alpha value is -8.86. The summed E-state index contributed by atoms with van der Waals surface area (Å²) in [5, 5.41) is 28.6. The minimum Gasteiger partial charge on any atom is -0.508 e. The van der Waals surface area contributed by atoms with Gasteiger partial charge in [-0.05, 0) is 96.8 Å². The predicted octanol–water partition coefficient (Wildman–Crippen LogP) is 6.35. The van der Waals surface area contributed by atoms with E-state index in [0.29, 0.717) is 52.1 Å². The second kappa shape index (κ2) is 26.2. The SMILES string of the molecule is CC(=O)N[C@@H](CCCCN1C(=O)C=CC1=O)C(=O)Nc1ccc(COC(=O)N(C)CCN(CCOCCO)C(=O)Oc2cc3c(c4c(C)cccc24)[C@H](CCl)CN3C(=O)c2cn3cc(NC(=O)c4ccc(O)cc4)ccc3n2)cc1. The number of pyridine rings is 1. The number of halogens is 1. The summed E-state index contributed by atoms with van der Waals surface area (Å²) >= 11 is 6.63. The largest absolute Gasteiger partial charge is 0.508 e. The molecule has 0 spiro atoms. The van der Waals surface area contributed by atoms with Gasteiger partial charge < -0.3 is 59.5 Å². The molecule has 0 bridgehead atoms. The van der Waals surface area contributed by atoms with E-state index in [9.17, 15) is 48.6 Å². The molecule has 5 N–H and O–H groups in total. The summed E-state index contributed by atoms with van der Waals surface area (Å²) in [7, 11) is 1.51. The Labute approximate surface area is 464 Å². The highest BCUT2D eigenvalue weighted by atomic mass is 35.5. The molecular weight excluding hydrogens is 1050 g/mol. The van der Waals surface area contributed by atoms with Gasteiger partial charge in [-0.15, -0.1) is 11.6 Å². The van der Waals surface area contributed by atoms with E-state index in [1.165, 1.54) is 60.2 Å². The van der Waals surface area contributed by atoms with E-state index >= 15 is 0 Å². The lowest BCUT2D eigenvalue weighted by Gasteiger charge is -2.26. The Morgan fingerprint density at radius 1 is 0.863 bits per heavy atom. The van der Waals surface area contributed by atoms with Crippen molar-refractivity contribution in [3.63, 3.8) is 0 Å². The third-order valence-corrected chi connectivity index (χ3v) is 13.8. The number of fused-ring (bicyclic) bond motifs is 4. The molecule has 2 atom stereocenters. The Morgan fingerprint density at radius 3 is 2.31 bits per heavy atom. The van der Waals surface area contributed by atoms with Crippen LogP contribution < -0.4 is 25.6 Å². The molecule has 0 fully saturated rings. The number of imide groups is 1. The number of carbonyl (C=O) groups is 8. The molecule has 80 heavy (non-hydrogen) atoms. The Bertz CT molecular complexity index is 3330. The van der Waals surface area contributed by atoms with Crippen molar-refractivity contribution in [3.05, 3.63) is 137 Å². The van der Waals surface area contributed by atoms with Crippen LogP contribution in [0.5, 0.6) is 11.5 Å². The number of phenols is 1. The standard InChI is InChI=1S/C57H60ClN9O13/c1-35-7-6-8-43-47(29-46-52(51(35)43)39(30-58)31-67(46)55(75)45-33-65-32-41(16-19-48(65)62-45)61-53(73)38-12-17-42(70)18-13-38)80-57(77)64(25-27-78-28-26-68)24-23-63(3)56(76)79-34-37-10-14-40(15-11-37)60-54(74)44(59-36(2)69)9-4-5-22-66-49(71)20-21-50(66)72/h6-8,10-21,29,32-33,39,44,68,70H,4-5,9,22-28,30-31,34H2,1-3H3,(H,59,69)(H,60,74)(H,61,73)/t39-,44+/m1/s1. The zero-order chi connectivity index (χ0) is 57.0. The third kappa shape index (κ3) is 13.9. The number of nitrogens with zero attached hydrogens (tertiary/aromatic N) is 6.